The summed E-state index contributed by atoms with van der Waals surface area (Å²) in [5, 5.41) is 18.2. The SMILES string of the molecule is COc1ccc(Cl)cc1N(CC(=O)N/N=C\c1ccc(OCC(=O)NCc2ccco2)cc1)S(=O)(=O)c1ccc(C)c([N+](=O)[O-])c1. The first-order valence-corrected chi connectivity index (χ1v) is 15.2. The molecule has 0 aliphatic rings. The molecule has 0 radical (unpaired) electrons. The summed E-state index contributed by atoms with van der Waals surface area (Å²) in [5.41, 5.74) is 2.62. The molecule has 0 saturated heterocycles. The van der Waals surface area contributed by atoms with Gasteiger partial charge in [-0.1, -0.05) is 17.7 Å². The average molecular weight is 670 g/mol. The van der Waals surface area contributed by atoms with Gasteiger partial charge in [0.1, 0.15) is 23.8 Å². The molecule has 1 aromatic heterocycles. The summed E-state index contributed by atoms with van der Waals surface area (Å²) in [6.45, 7) is 0.729. The number of anilines is 1. The van der Waals surface area contributed by atoms with Crippen LogP contribution >= 0.6 is 11.6 Å². The van der Waals surface area contributed by atoms with Crippen LogP contribution in [-0.2, 0) is 26.2 Å². The highest BCUT2D eigenvalue weighted by Crippen LogP contribution is 2.35. The van der Waals surface area contributed by atoms with E-state index in [1.54, 1.807) is 36.4 Å². The van der Waals surface area contributed by atoms with Crippen molar-refractivity contribution in [2.75, 3.05) is 24.6 Å². The molecule has 4 aromatic rings. The lowest BCUT2D eigenvalue weighted by atomic mass is 10.2. The van der Waals surface area contributed by atoms with E-state index in [0.29, 0.717) is 17.1 Å². The summed E-state index contributed by atoms with van der Waals surface area (Å²) in [7, 11) is -3.24. The van der Waals surface area contributed by atoms with Crippen molar-refractivity contribution in [1.29, 1.82) is 0 Å². The number of carbonyl (C=O) groups is 2. The standard InChI is InChI=1S/C30H28ClN5O9S/c1-20-5-11-25(15-26(20)36(39)40)46(41,42)35(27-14-22(31)8-12-28(27)43-2)18-29(37)34-33-16-21-6-9-23(10-7-21)45-19-30(38)32-17-24-4-3-13-44-24/h3-16H,17-19H2,1-2H3,(H,32,38)(H,34,37)/b33-16-. The van der Waals surface area contributed by atoms with Gasteiger partial charge in [0.15, 0.2) is 6.61 Å². The molecule has 16 heteroatoms. The lowest BCUT2D eigenvalue weighted by Gasteiger charge is -2.25. The Bertz CT molecular complexity index is 1850. The molecular formula is C30H28ClN5O9S. The van der Waals surface area contributed by atoms with E-state index in [1.165, 1.54) is 56.8 Å². The summed E-state index contributed by atoms with van der Waals surface area (Å²) < 4.78 is 44.2. The maximum Gasteiger partial charge on any atom is 0.273 e. The Kier molecular flexibility index (Phi) is 11.0. The van der Waals surface area contributed by atoms with Crippen LogP contribution < -0.4 is 24.5 Å². The molecule has 0 aliphatic heterocycles. The second kappa shape index (κ2) is 15.0. The normalized spacial score (nSPS) is 11.2. The first-order chi connectivity index (χ1) is 22.0. The van der Waals surface area contributed by atoms with E-state index < -0.39 is 38.0 Å². The molecule has 0 aliphatic carbocycles. The largest absolute Gasteiger partial charge is 0.495 e. The van der Waals surface area contributed by atoms with Gasteiger partial charge in [-0.15, -0.1) is 0 Å². The fourth-order valence-corrected chi connectivity index (χ4v) is 5.63. The molecule has 0 unspecified atom stereocenters. The zero-order valence-electron chi connectivity index (χ0n) is 24.5. The Balaban J connectivity index is 1.44. The fourth-order valence-electron chi connectivity index (χ4n) is 4.02. The number of halogens is 1. The number of nitrogens with one attached hydrogen (secondary N) is 2. The molecule has 0 fully saturated rings. The number of carbonyl (C=O) groups excluding carboxylic acids is 2. The smallest absolute Gasteiger partial charge is 0.273 e. The molecule has 0 atom stereocenters. The zero-order valence-corrected chi connectivity index (χ0v) is 26.1. The molecule has 3 aromatic carbocycles. The van der Waals surface area contributed by atoms with E-state index in [-0.39, 0.29) is 41.1 Å². The summed E-state index contributed by atoms with van der Waals surface area (Å²) >= 11 is 6.15. The fraction of sp³-hybridized carbons (Fsp3) is 0.167. The highest BCUT2D eigenvalue weighted by Gasteiger charge is 2.31. The monoisotopic (exact) mass is 669 g/mol. The van der Waals surface area contributed by atoms with Crippen molar-refractivity contribution in [1.82, 2.24) is 10.7 Å². The minimum absolute atomic E-state index is 0.0670. The number of nitro benzene ring substituents is 1. The lowest BCUT2D eigenvalue weighted by Crippen LogP contribution is -2.39. The predicted octanol–water partition coefficient (Wildman–Crippen LogP) is 4.20. The molecule has 240 valence electrons. The third-order valence-electron chi connectivity index (χ3n) is 6.35. The van der Waals surface area contributed by atoms with E-state index >= 15 is 0 Å². The van der Waals surface area contributed by atoms with Gasteiger partial charge < -0.3 is 19.2 Å². The topological polar surface area (TPSA) is 183 Å². The molecule has 4 rings (SSSR count). The van der Waals surface area contributed by atoms with Gasteiger partial charge in [0.05, 0.1) is 41.6 Å². The summed E-state index contributed by atoms with van der Waals surface area (Å²) in [6.07, 6.45) is 2.83. The van der Waals surface area contributed by atoms with Crippen LogP contribution in [0.4, 0.5) is 11.4 Å². The number of hydrogen-bond donors (Lipinski definition) is 2. The van der Waals surface area contributed by atoms with Crippen LogP contribution in [0.5, 0.6) is 11.5 Å². The number of rotatable bonds is 14. The van der Waals surface area contributed by atoms with Crippen LogP contribution in [0.15, 0.2) is 93.5 Å². The number of benzene rings is 3. The lowest BCUT2D eigenvalue weighted by molar-refractivity contribution is -0.385. The second-order valence-electron chi connectivity index (χ2n) is 9.54. The molecule has 0 bridgehead atoms. The van der Waals surface area contributed by atoms with Gasteiger partial charge in [-0.2, -0.15) is 5.10 Å². The number of nitro groups is 1. The number of hydrazone groups is 1. The average Bonchev–Trinajstić information content (AvgIpc) is 3.56. The summed E-state index contributed by atoms with van der Waals surface area (Å²) in [4.78, 5) is 35.3. The molecule has 2 amide bonds. The van der Waals surface area contributed by atoms with Crippen molar-refractivity contribution in [3.05, 3.63) is 111 Å². The number of ether oxygens (including phenoxy) is 2. The predicted molar refractivity (Wildman–Crippen MR) is 169 cm³/mol. The van der Waals surface area contributed by atoms with Crippen molar-refractivity contribution in [2.45, 2.75) is 18.4 Å². The molecule has 2 N–H and O–H groups in total. The molecule has 46 heavy (non-hydrogen) atoms. The summed E-state index contributed by atoms with van der Waals surface area (Å²) in [6, 6.07) is 17.5. The van der Waals surface area contributed by atoms with E-state index in [9.17, 15) is 28.1 Å². The van der Waals surface area contributed by atoms with Gasteiger partial charge >= 0.3 is 0 Å². The van der Waals surface area contributed by atoms with Crippen LogP contribution in [0.1, 0.15) is 16.9 Å². The third kappa shape index (κ3) is 8.61. The Morgan fingerprint density at radius 1 is 1.09 bits per heavy atom. The van der Waals surface area contributed by atoms with Crippen molar-refractivity contribution < 1.29 is 36.8 Å². The van der Waals surface area contributed by atoms with Crippen molar-refractivity contribution in [2.24, 2.45) is 5.10 Å². The maximum atomic E-state index is 13.8. The number of aryl methyl sites for hydroxylation is 1. The molecule has 0 spiro atoms. The number of methoxy groups -OCH3 is 1. The first kappa shape index (κ1) is 33.5. The number of furan rings is 1. The number of amides is 2. The third-order valence-corrected chi connectivity index (χ3v) is 8.35. The van der Waals surface area contributed by atoms with Crippen LogP contribution in [0, 0.1) is 17.0 Å². The van der Waals surface area contributed by atoms with E-state index in [2.05, 4.69) is 15.8 Å². The van der Waals surface area contributed by atoms with Gasteiger partial charge in [-0.05, 0) is 73.2 Å². The Labute approximate surface area is 268 Å². The number of sulfonamides is 1. The highest BCUT2D eigenvalue weighted by molar-refractivity contribution is 7.92. The number of hydrogen-bond acceptors (Lipinski definition) is 10. The minimum Gasteiger partial charge on any atom is -0.495 e. The summed E-state index contributed by atoms with van der Waals surface area (Å²) in [5.74, 6) is -0.0499. The minimum atomic E-state index is -4.55. The Morgan fingerprint density at radius 3 is 2.52 bits per heavy atom. The zero-order chi connectivity index (χ0) is 33.3. The van der Waals surface area contributed by atoms with E-state index in [0.717, 1.165) is 10.4 Å². The Hall–Kier alpha value is -5.41. The Morgan fingerprint density at radius 2 is 1.85 bits per heavy atom. The quantitative estimate of drug-likeness (QED) is 0.113. The molecule has 14 nitrogen and oxygen atoms in total. The van der Waals surface area contributed by atoms with Crippen LogP contribution in [0.3, 0.4) is 0 Å². The number of nitrogens with zero attached hydrogens (tertiary/aromatic N) is 3. The maximum absolute atomic E-state index is 13.8. The second-order valence-corrected chi connectivity index (χ2v) is 11.8. The highest BCUT2D eigenvalue weighted by atomic mass is 35.5. The first-order valence-electron chi connectivity index (χ1n) is 13.4. The van der Waals surface area contributed by atoms with Crippen LogP contribution in [0.25, 0.3) is 0 Å². The van der Waals surface area contributed by atoms with Crippen molar-refractivity contribution in [3.63, 3.8) is 0 Å². The van der Waals surface area contributed by atoms with E-state index in [4.69, 9.17) is 25.5 Å². The van der Waals surface area contributed by atoms with Crippen LogP contribution in [0.2, 0.25) is 5.02 Å². The van der Waals surface area contributed by atoms with Crippen molar-refractivity contribution >= 4 is 51.0 Å². The van der Waals surface area contributed by atoms with E-state index in [1.807, 2.05) is 0 Å². The van der Waals surface area contributed by atoms with Gasteiger partial charge in [-0.25, -0.2) is 13.8 Å². The van der Waals surface area contributed by atoms with Gasteiger partial charge in [0, 0.05) is 16.7 Å². The van der Waals surface area contributed by atoms with Gasteiger partial charge in [0.25, 0.3) is 27.5 Å². The molecular weight excluding hydrogens is 642 g/mol. The molecule has 0 saturated carbocycles. The van der Waals surface area contributed by atoms with Gasteiger partial charge in [0.2, 0.25) is 0 Å². The van der Waals surface area contributed by atoms with Crippen LogP contribution in [-0.4, -0.2) is 51.6 Å². The molecule has 1 heterocycles. The van der Waals surface area contributed by atoms with Crippen molar-refractivity contribution in [3.8, 4) is 11.5 Å². The van der Waals surface area contributed by atoms with Gasteiger partial charge in [-0.3, -0.25) is 24.0 Å².